The molecule has 2 heterocycles. The van der Waals surface area contributed by atoms with Crippen molar-refractivity contribution >= 4 is 11.5 Å². The molecule has 1 amide bonds. The Morgan fingerprint density at radius 1 is 1.03 bits per heavy atom. The number of rotatable bonds is 7. The highest BCUT2D eigenvalue weighted by atomic mass is 16.7. The summed E-state index contributed by atoms with van der Waals surface area (Å²) in [4.78, 5) is 21.3. The monoisotopic (exact) mass is 450 g/mol. The van der Waals surface area contributed by atoms with Crippen LogP contribution in [0.15, 0.2) is 48.2 Å². The van der Waals surface area contributed by atoms with Gasteiger partial charge < -0.3 is 19.6 Å². The lowest BCUT2D eigenvalue weighted by Crippen LogP contribution is -2.55. The van der Waals surface area contributed by atoms with Gasteiger partial charge in [0.1, 0.15) is 17.9 Å². The van der Waals surface area contributed by atoms with Crippen LogP contribution in [0.1, 0.15) is 40.7 Å². The Hall–Kier alpha value is -2.67. The molecule has 1 fully saturated rings. The van der Waals surface area contributed by atoms with Crippen LogP contribution in [0.25, 0.3) is 5.57 Å². The van der Waals surface area contributed by atoms with Crippen LogP contribution >= 0.6 is 0 Å². The Kier molecular flexibility index (Phi) is 6.88. The predicted octanol–water partition coefficient (Wildman–Crippen LogP) is 3.77. The highest BCUT2D eigenvalue weighted by molar-refractivity contribution is 6.24. The number of ether oxygens (including phenoxy) is 1. The second-order valence-electron chi connectivity index (χ2n) is 9.08. The summed E-state index contributed by atoms with van der Waals surface area (Å²) in [6.45, 7) is 8.12. The summed E-state index contributed by atoms with van der Waals surface area (Å²) in [7, 11) is 1.68. The van der Waals surface area contributed by atoms with Gasteiger partial charge in [0.15, 0.2) is 0 Å². The van der Waals surface area contributed by atoms with Gasteiger partial charge in [-0.3, -0.25) is 4.79 Å². The van der Waals surface area contributed by atoms with Crippen molar-refractivity contribution in [1.29, 1.82) is 0 Å². The average molecular weight is 451 g/mol. The molecule has 0 aromatic heterocycles. The number of amides is 1. The number of aliphatic hydroxyl groups is 1. The molecular weight excluding hydrogens is 416 g/mol. The normalized spacial score (nSPS) is 18.5. The summed E-state index contributed by atoms with van der Waals surface area (Å²) >= 11 is 0. The van der Waals surface area contributed by atoms with Crippen LogP contribution in [-0.4, -0.2) is 59.9 Å². The van der Waals surface area contributed by atoms with Gasteiger partial charge in [0.05, 0.1) is 19.3 Å². The van der Waals surface area contributed by atoms with E-state index < -0.39 is 5.54 Å². The van der Waals surface area contributed by atoms with Gasteiger partial charge in [0.2, 0.25) is 0 Å². The standard InChI is InChI=1S/C27H34N2O4/c1-19-16-20(2)23(21(3)17-19)24-25(33-18-22-8-6-5-7-9-22)27(29(14-15-30)26(24)31)10-12-28(32-4)13-11-27/h5-9,16-17,30H,10-15,18H2,1-4H3. The number of β-amino-alcohol motifs (C(OH)–C–C–N with tert-alkyl or cyclic N) is 1. The molecule has 0 unspecified atom stereocenters. The number of aryl methyl sites for hydroxylation is 3. The first kappa shape index (κ1) is 23.5. The largest absolute Gasteiger partial charge is 0.490 e. The topological polar surface area (TPSA) is 62.2 Å². The number of hydrogen-bond donors (Lipinski definition) is 1. The molecule has 1 saturated heterocycles. The van der Waals surface area contributed by atoms with Gasteiger partial charge in [-0.25, -0.2) is 0 Å². The number of carbonyl (C=O) groups is 1. The second kappa shape index (κ2) is 9.67. The van der Waals surface area contributed by atoms with Crippen molar-refractivity contribution in [3.8, 4) is 0 Å². The van der Waals surface area contributed by atoms with Crippen molar-refractivity contribution in [3.63, 3.8) is 0 Å². The number of hydroxylamine groups is 2. The molecule has 1 N–H and O–H groups in total. The molecule has 176 valence electrons. The Morgan fingerprint density at radius 2 is 1.67 bits per heavy atom. The Labute approximate surface area is 196 Å². The highest BCUT2D eigenvalue weighted by Gasteiger charge is 2.54. The summed E-state index contributed by atoms with van der Waals surface area (Å²) in [5, 5.41) is 11.8. The first-order chi connectivity index (χ1) is 15.9. The van der Waals surface area contributed by atoms with Crippen LogP contribution in [0.4, 0.5) is 0 Å². The zero-order valence-electron chi connectivity index (χ0n) is 20.1. The van der Waals surface area contributed by atoms with Crippen molar-refractivity contribution in [2.45, 2.75) is 45.8 Å². The van der Waals surface area contributed by atoms with Crippen molar-refractivity contribution in [2.24, 2.45) is 0 Å². The third kappa shape index (κ3) is 4.31. The number of carbonyl (C=O) groups excluding carboxylic acids is 1. The average Bonchev–Trinajstić information content (AvgIpc) is 3.01. The minimum Gasteiger partial charge on any atom is -0.490 e. The van der Waals surface area contributed by atoms with Crippen molar-refractivity contribution in [2.75, 3.05) is 33.4 Å². The summed E-state index contributed by atoms with van der Waals surface area (Å²) in [6, 6.07) is 14.3. The number of aliphatic hydroxyl groups excluding tert-OH is 1. The molecule has 1 spiro atoms. The minimum atomic E-state index is -0.595. The third-order valence-corrected chi connectivity index (χ3v) is 6.91. The van der Waals surface area contributed by atoms with Crippen molar-refractivity contribution in [1.82, 2.24) is 9.96 Å². The SMILES string of the molecule is CON1CCC2(CC1)C(OCc1ccccc1)=C(c1c(C)cc(C)cc1C)C(=O)N2CCO. The van der Waals surface area contributed by atoms with Crippen LogP contribution in [0, 0.1) is 20.8 Å². The molecule has 6 nitrogen and oxygen atoms in total. The number of hydrogen-bond acceptors (Lipinski definition) is 5. The molecule has 6 heteroatoms. The van der Waals surface area contributed by atoms with Gasteiger partial charge in [-0.05, 0) is 55.9 Å². The number of piperidine rings is 1. The fraction of sp³-hybridized carbons (Fsp3) is 0.444. The lowest BCUT2D eigenvalue weighted by atomic mass is 9.84. The third-order valence-electron chi connectivity index (χ3n) is 6.91. The van der Waals surface area contributed by atoms with Crippen LogP contribution in [0.3, 0.4) is 0 Å². The van der Waals surface area contributed by atoms with Crippen LogP contribution in [0.5, 0.6) is 0 Å². The summed E-state index contributed by atoms with van der Waals surface area (Å²) in [5.74, 6) is 0.670. The molecule has 2 aromatic carbocycles. The first-order valence-electron chi connectivity index (χ1n) is 11.6. The van der Waals surface area contributed by atoms with Gasteiger partial charge >= 0.3 is 0 Å². The Bertz CT molecular complexity index is 1020. The van der Waals surface area contributed by atoms with E-state index in [0.717, 1.165) is 28.0 Å². The van der Waals surface area contributed by atoms with E-state index in [1.807, 2.05) is 40.3 Å². The van der Waals surface area contributed by atoms with Crippen LogP contribution in [-0.2, 0) is 21.0 Å². The van der Waals surface area contributed by atoms with Gasteiger partial charge in [-0.1, -0.05) is 48.0 Å². The zero-order valence-corrected chi connectivity index (χ0v) is 20.1. The molecule has 0 saturated carbocycles. The molecule has 33 heavy (non-hydrogen) atoms. The maximum absolute atomic E-state index is 14.0. The van der Waals surface area contributed by atoms with Crippen LogP contribution < -0.4 is 0 Å². The fourth-order valence-electron chi connectivity index (χ4n) is 5.46. The van der Waals surface area contributed by atoms with Crippen LogP contribution in [0.2, 0.25) is 0 Å². The smallest absolute Gasteiger partial charge is 0.258 e. The van der Waals surface area contributed by atoms with E-state index in [-0.39, 0.29) is 19.1 Å². The number of benzene rings is 2. The summed E-state index contributed by atoms with van der Waals surface area (Å²) in [6.07, 6.45) is 1.37. The minimum absolute atomic E-state index is 0.0620. The van der Waals surface area contributed by atoms with Gasteiger partial charge in [-0.2, -0.15) is 5.06 Å². The fourth-order valence-corrected chi connectivity index (χ4v) is 5.46. The van der Waals surface area contributed by atoms with Crippen molar-refractivity contribution in [3.05, 3.63) is 76.0 Å². The number of nitrogens with zero attached hydrogens (tertiary/aromatic N) is 2. The maximum Gasteiger partial charge on any atom is 0.258 e. The van der Waals surface area contributed by atoms with E-state index in [1.54, 1.807) is 7.11 Å². The molecule has 0 bridgehead atoms. The van der Waals surface area contributed by atoms with E-state index in [9.17, 15) is 9.90 Å². The lowest BCUT2D eigenvalue weighted by molar-refractivity contribution is -0.165. The molecule has 0 radical (unpaired) electrons. The van der Waals surface area contributed by atoms with Crippen molar-refractivity contribution < 1.29 is 19.5 Å². The van der Waals surface area contributed by atoms with Gasteiger partial charge in [-0.15, -0.1) is 0 Å². The summed E-state index contributed by atoms with van der Waals surface area (Å²) in [5.41, 5.74) is 5.34. The quantitative estimate of drug-likeness (QED) is 0.696. The molecule has 2 aliphatic heterocycles. The second-order valence-corrected chi connectivity index (χ2v) is 9.08. The molecule has 2 aromatic rings. The molecule has 4 rings (SSSR count). The molecule has 0 atom stereocenters. The van der Waals surface area contributed by atoms with E-state index >= 15 is 0 Å². The lowest BCUT2D eigenvalue weighted by Gasteiger charge is -2.45. The van der Waals surface area contributed by atoms with Gasteiger partial charge in [0.25, 0.3) is 5.91 Å². The van der Waals surface area contributed by atoms with E-state index in [1.165, 1.54) is 5.56 Å². The molecule has 0 aliphatic carbocycles. The molecular formula is C27H34N2O4. The predicted molar refractivity (Wildman–Crippen MR) is 128 cm³/mol. The van der Waals surface area contributed by atoms with E-state index in [4.69, 9.17) is 9.57 Å². The highest BCUT2D eigenvalue weighted by Crippen LogP contribution is 2.48. The first-order valence-corrected chi connectivity index (χ1v) is 11.6. The Balaban J connectivity index is 1.86. The van der Waals surface area contributed by atoms with Gasteiger partial charge in [0, 0.05) is 19.6 Å². The Morgan fingerprint density at radius 3 is 2.24 bits per heavy atom. The molecule has 2 aliphatic rings. The maximum atomic E-state index is 14.0. The van der Waals surface area contributed by atoms with E-state index in [2.05, 4.69) is 32.9 Å². The van der Waals surface area contributed by atoms with E-state index in [0.29, 0.717) is 38.1 Å². The zero-order chi connectivity index (χ0) is 23.6. The summed E-state index contributed by atoms with van der Waals surface area (Å²) < 4.78 is 6.58.